The average Bonchev–Trinajstić information content (AvgIpc) is 2.98. The van der Waals surface area contributed by atoms with E-state index >= 15 is 0 Å². The van der Waals surface area contributed by atoms with Crippen molar-refractivity contribution in [3.8, 4) is 12.1 Å². The summed E-state index contributed by atoms with van der Waals surface area (Å²) in [5.74, 6) is 1.50. The molecule has 0 aliphatic carbocycles. The summed E-state index contributed by atoms with van der Waals surface area (Å²) in [4.78, 5) is 6.70. The highest BCUT2D eigenvalue weighted by Gasteiger charge is 2.24. The van der Waals surface area contributed by atoms with Crippen molar-refractivity contribution in [2.45, 2.75) is 26.2 Å². The summed E-state index contributed by atoms with van der Waals surface area (Å²) in [6, 6.07) is 8.51. The van der Waals surface area contributed by atoms with Crippen molar-refractivity contribution in [2.24, 2.45) is 11.8 Å². The molecule has 0 amide bonds. The monoisotopic (exact) mass is 297 g/mol. The number of nitriles is 2. The number of rotatable bonds is 7. The highest BCUT2D eigenvalue weighted by atomic mass is 15.2. The van der Waals surface area contributed by atoms with Gasteiger partial charge < -0.3 is 10.2 Å². The van der Waals surface area contributed by atoms with Gasteiger partial charge in [-0.15, -0.1) is 0 Å². The van der Waals surface area contributed by atoms with Gasteiger partial charge in [0.25, 0.3) is 0 Å². The maximum absolute atomic E-state index is 9.15. The summed E-state index contributed by atoms with van der Waals surface area (Å²) >= 11 is 0. The van der Waals surface area contributed by atoms with Crippen LogP contribution in [0.3, 0.4) is 0 Å². The molecule has 5 heteroatoms. The van der Waals surface area contributed by atoms with Crippen LogP contribution in [-0.2, 0) is 0 Å². The quantitative estimate of drug-likeness (QED) is 0.837. The van der Waals surface area contributed by atoms with Crippen LogP contribution >= 0.6 is 0 Å². The van der Waals surface area contributed by atoms with E-state index in [1.54, 1.807) is 0 Å². The molecular formula is C17H23N5. The minimum atomic E-state index is -0.0230. The SMILES string of the molecule is Cc1ccc(NC[C@@H]2CCN(C[C@@H](C#N)CCC#N)C2)nc1. The fourth-order valence-corrected chi connectivity index (χ4v) is 2.81. The first-order valence-corrected chi connectivity index (χ1v) is 7.86. The fraction of sp³-hybridized carbons (Fsp3) is 0.588. The van der Waals surface area contributed by atoms with Crippen molar-refractivity contribution in [1.82, 2.24) is 9.88 Å². The van der Waals surface area contributed by atoms with Gasteiger partial charge in [0.1, 0.15) is 5.82 Å². The van der Waals surface area contributed by atoms with E-state index in [4.69, 9.17) is 10.5 Å². The molecule has 1 N–H and O–H groups in total. The normalized spacial score (nSPS) is 19.3. The van der Waals surface area contributed by atoms with Crippen LogP contribution in [0.15, 0.2) is 18.3 Å². The topological polar surface area (TPSA) is 75.7 Å². The summed E-state index contributed by atoms with van der Waals surface area (Å²) < 4.78 is 0. The van der Waals surface area contributed by atoms with Gasteiger partial charge in [-0.2, -0.15) is 10.5 Å². The van der Waals surface area contributed by atoms with Crippen LogP contribution in [0.1, 0.15) is 24.8 Å². The van der Waals surface area contributed by atoms with Gasteiger partial charge in [0.2, 0.25) is 0 Å². The standard InChI is InChI=1S/C17H23N5/c1-14-4-5-17(20-10-14)21-11-16-6-8-22(13-16)12-15(9-19)3-2-7-18/h4-5,10,15-16H,2-3,6,8,11-13H2,1H3,(H,20,21)/t15-,16+/m1/s1. The van der Waals surface area contributed by atoms with E-state index in [0.717, 1.165) is 44.0 Å². The third-order valence-electron chi connectivity index (χ3n) is 4.12. The molecule has 2 heterocycles. The van der Waals surface area contributed by atoms with E-state index < -0.39 is 0 Å². The molecule has 1 fully saturated rings. The van der Waals surface area contributed by atoms with Gasteiger partial charge in [-0.3, -0.25) is 0 Å². The van der Waals surface area contributed by atoms with E-state index in [1.165, 1.54) is 0 Å². The van der Waals surface area contributed by atoms with Crippen LogP contribution in [-0.4, -0.2) is 36.1 Å². The van der Waals surface area contributed by atoms with E-state index in [9.17, 15) is 0 Å². The Kier molecular flexibility index (Phi) is 6.18. The number of nitrogens with one attached hydrogen (secondary N) is 1. The second-order valence-electron chi connectivity index (χ2n) is 6.04. The minimum absolute atomic E-state index is 0.0230. The summed E-state index contributed by atoms with van der Waals surface area (Å²) in [6.45, 7) is 5.80. The molecule has 0 radical (unpaired) electrons. The first kappa shape index (κ1) is 16.3. The first-order valence-electron chi connectivity index (χ1n) is 7.86. The van der Waals surface area contributed by atoms with Crippen molar-refractivity contribution >= 4 is 5.82 Å². The van der Waals surface area contributed by atoms with Crippen LogP contribution in [0.25, 0.3) is 0 Å². The third kappa shape index (κ3) is 5.02. The Morgan fingerprint density at radius 1 is 1.45 bits per heavy atom. The lowest BCUT2D eigenvalue weighted by molar-refractivity contribution is 0.290. The lowest BCUT2D eigenvalue weighted by Gasteiger charge is -2.19. The Bertz CT molecular complexity index is 540. The summed E-state index contributed by atoms with van der Waals surface area (Å²) in [7, 11) is 0. The number of aryl methyl sites for hydroxylation is 1. The Morgan fingerprint density at radius 2 is 2.32 bits per heavy atom. The van der Waals surface area contributed by atoms with E-state index in [0.29, 0.717) is 18.8 Å². The molecule has 1 saturated heterocycles. The molecule has 0 aromatic carbocycles. The number of pyridine rings is 1. The number of hydrogen-bond acceptors (Lipinski definition) is 5. The number of anilines is 1. The average molecular weight is 297 g/mol. The van der Waals surface area contributed by atoms with Crippen LogP contribution < -0.4 is 5.32 Å². The fourth-order valence-electron chi connectivity index (χ4n) is 2.81. The van der Waals surface area contributed by atoms with Crippen molar-refractivity contribution in [3.63, 3.8) is 0 Å². The highest BCUT2D eigenvalue weighted by molar-refractivity contribution is 5.35. The molecule has 1 aromatic rings. The zero-order valence-corrected chi connectivity index (χ0v) is 13.1. The molecule has 1 aromatic heterocycles. The van der Waals surface area contributed by atoms with Crippen LogP contribution in [0, 0.1) is 41.4 Å². The highest BCUT2D eigenvalue weighted by Crippen LogP contribution is 2.19. The Morgan fingerprint density at radius 3 is 3.00 bits per heavy atom. The molecule has 2 atom stereocenters. The summed E-state index contributed by atoms with van der Waals surface area (Å²) in [6.07, 6.45) is 4.17. The van der Waals surface area contributed by atoms with Gasteiger partial charge in [-0.25, -0.2) is 4.98 Å². The second kappa shape index (κ2) is 8.36. The molecule has 0 saturated carbocycles. The molecule has 0 bridgehead atoms. The zero-order valence-electron chi connectivity index (χ0n) is 13.1. The number of nitrogens with zero attached hydrogens (tertiary/aromatic N) is 4. The molecular weight excluding hydrogens is 274 g/mol. The molecule has 2 rings (SSSR count). The van der Waals surface area contributed by atoms with E-state index in [-0.39, 0.29) is 5.92 Å². The van der Waals surface area contributed by atoms with Crippen LogP contribution in [0.4, 0.5) is 5.82 Å². The smallest absolute Gasteiger partial charge is 0.125 e. The molecule has 0 unspecified atom stereocenters. The van der Waals surface area contributed by atoms with E-state index in [2.05, 4.69) is 33.4 Å². The molecule has 5 nitrogen and oxygen atoms in total. The predicted molar refractivity (Wildman–Crippen MR) is 86.0 cm³/mol. The Balaban J connectivity index is 1.72. The molecule has 1 aliphatic rings. The summed E-state index contributed by atoms with van der Waals surface area (Å²) in [5, 5.41) is 21.2. The number of likely N-dealkylation sites (tertiary alicyclic amines) is 1. The second-order valence-corrected chi connectivity index (χ2v) is 6.04. The summed E-state index contributed by atoms with van der Waals surface area (Å²) in [5.41, 5.74) is 1.16. The lowest BCUT2D eigenvalue weighted by atomic mass is 10.1. The van der Waals surface area contributed by atoms with Gasteiger partial charge in [0.15, 0.2) is 0 Å². The van der Waals surface area contributed by atoms with Crippen LogP contribution in [0.5, 0.6) is 0 Å². The lowest BCUT2D eigenvalue weighted by Crippen LogP contribution is -2.28. The third-order valence-corrected chi connectivity index (χ3v) is 4.12. The first-order chi connectivity index (χ1) is 10.7. The largest absolute Gasteiger partial charge is 0.370 e. The number of aromatic nitrogens is 1. The molecule has 22 heavy (non-hydrogen) atoms. The van der Waals surface area contributed by atoms with Crippen molar-refractivity contribution in [1.29, 1.82) is 10.5 Å². The van der Waals surface area contributed by atoms with Crippen molar-refractivity contribution < 1.29 is 0 Å². The maximum Gasteiger partial charge on any atom is 0.125 e. The van der Waals surface area contributed by atoms with Gasteiger partial charge >= 0.3 is 0 Å². The van der Waals surface area contributed by atoms with Gasteiger partial charge in [-0.05, 0) is 43.9 Å². The molecule has 0 spiro atoms. The van der Waals surface area contributed by atoms with Crippen molar-refractivity contribution in [3.05, 3.63) is 23.9 Å². The Labute approximate surface area is 132 Å². The van der Waals surface area contributed by atoms with Crippen LogP contribution in [0.2, 0.25) is 0 Å². The van der Waals surface area contributed by atoms with Gasteiger partial charge in [0, 0.05) is 32.3 Å². The predicted octanol–water partition coefficient (Wildman–Crippen LogP) is 2.57. The van der Waals surface area contributed by atoms with Gasteiger partial charge in [0.05, 0.1) is 18.1 Å². The van der Waals surface area contributed by atoms with Crippen molar-refractivity contribution in [2.75, 3.05) is 31.5 Å². The van der Waals surface area contributed by atoms with Gasteiger partial charge in [-0.1, -0.05) is 6.07 Å². The van der Waals surface area contributed by atoms with E-state index in [1.807, 2.05) is 19.2 Å². The Hall–Kier alpha value is -2.11. The minimum Gasteiger partial charge on any atom is -0.370 e. The molecule has 1 aliphatic heterocycles. The molecule has 116 valence electrons. The number of hydrogen-bond donors (Lipinski definition) is 1. The zero-order chi connectivity index (χ0) is 15.8. The maximum atomic E-state index is 9.15.